The van der Waals surface area contributed by atoms with Gasteiger partial charge in [0.1, 0.15) is 11.9 Å². The molecule has 2 aromatic rings. The molecule has 122 valence electrons. The van der Waals surface area contributed by atoms with Crippen LogP contribution in [-0.4, -0.2) is 35.6 Å². The molecule has 1 aliphatic heterocycles. The van der Waals surface area contributed by atoms with Crippen molar-refractivity contribution in [3.8, 4) is 5.75 Å². The molecular weight excluding hydrogens is 318 g/mol. The average molecular weight is 335 g/mol. The maximum Gasteiger partial charge on any atom is 0.322 e. The summed E-state index contributed by atoms with van der Waals surface area (Å²) < 4.78 is 16.0. The zero-order valence-corrected chi connectivity index (χ0v) is 13.5. The highest BCUT2D eigenvalue weighted by Crippen LogP contribution is 2.28. The zero-order valence-electron chi connectivity index (χ0n) is 12.7. The molecule has 7 nitrogen and oxygen atoms in total. The van der Waals surface area contributed by atoms with Crippen molar-refractivity contribution in [3.05, 3.63) is 30.2 Å². The lowest BCUT2D eigenvalue weighted by Gasteiger charge is -2.03. The lowest BCUT2D eigenvalue weighted by molar-refractivity contribution is -0.113. The molecule has 0 saturated carbocycles. The van der Waals surface area contributed by atoms with Crippen molar-refractivity contribution >= 4 is 23.7 Å². The number of carbonyl (C=O) groups is 1. The minimum Gasteiger partial charge on any atom is -0.497 e. The van der Waals surface area contributed by atoms with Gasteiger partial charge in [0.2, 0.25) is 11.8 Å². The van der Waals surface area contributed by atoms with Crippen molar-refractivity contribution in [1.29, 1.82) is 0 Å². The third-order valence-corrected chi connectivity index (χ3v) is 4.33. The third-order valence-electron chi connectivity index (χ3n) is 3.32. The summed E-state index contributed by atoms with van der Waals surface area (Å²) in [7, 11) is 1.62. The summed E-state index contributed by atoms with van der Waals surface area (Å²) in [6, 6.07) is 7.62. The van der Waals surface area contributed by atoms with Crippen LogP contribution in [0, 0.1) is 0 Å². The molecule has 2 heterocycles. The number of hydrogen-bond donors (Lipinski definition) is 1. The Kier molecular flexibility index (Phi) is 5.14. The summed E-state index contributed by atoms with van der Waals surface area (Å²) in [6.07, 6.45) is 1.69. The highest BCUT2D eigenvalue weighted by atomic mass is 32.2. The Labute approximate surface area is 137 Å². The second-order valence-corrected chi connectivity index (χ2v) is 6.01. The van der Waals surface area contributed by atoms with Crippen molar-refractivity contribution in [3.63, 3.8) is 0 Å². The van der Waals surface area contributed by atoms with E-state index >= 15 is 0 Å². The Hall–Kier alpha value is -2.06. The van der Waals surface area contributed by atoms with E-state index in [1.807, 2.05) is 24.3 Å². The third kappa shape index (κ3) is 4.23. The first kappa shape index (κ1) is 15.8. The average Bonchev–Trinajstić information content (AvgIpc) is 3.24. The van der Waals surface area contributed by atoms with Crippen LogP contribution in [0.1, 0.15) is 24.8 Å². The summed E-state index contributed by atoms with van der Waals surface area (Å²) in [5.74, 6) is 1.25. The van der Waals surface area contributed by atoms with Crippen LogP contribution in [0.4, 0.5) is 6.01 Å². The first-order valence-corrected chi connectivity index (χ1v) is 8.25. The van der Waals surface area contributed by atoms with E-state index in [4.69, 9.17) is 13.9 Å². The van der Waals surface area contributed by atoms with E-state index in [1.165, 1.54) is 11.8 Å². The van der Waals surface area contributed by atoms with Crippen LogP contribution in [0.2, 0.25) is 0 Å². The molecule has 1 atom stereocenters. The summed E-state index contributed by atoms with van der Waals surface area (Å²) in [5.41, 5.74) is 0. The van der Waals surface area contributed by atoms with Crippen LogP contribution < -0.4 is 10.1 Å². The van der Waals surface area contributed by atoms with Crippen molar-refractivity contribution in [1.82, 2.24) is 10.2 Å². The number of rotatable bonds is 6. The first-order chi connectivity index (χ1) is 11.2. The highest BCUT2D eigenvalue weighted by Gasteiger charge is 2.24. The molecule has 23 heavy (non-hydrogen) atoms. The Bertz CT molecular complexity index is 653. The van der Waals surface area contributed by atoms with E-state index < -0.39 is 0 Å². The number of anilines is 1. The molecule has 1 N–H and O–H groups in total. The van der Waals surface area contributed by atoms with E-state index in [2.05, 4.69) is 15.5 Å². The maximum atomic E-state index is 11.9. The van der Waals surface area contributed by atoms with E-state index in [-0.39, 0.29) is 23.8 Å². The van der Waals surface area contributed by atoms with Crippen molar-refractivity contribution < 1.29 is 18.7 Å². The van der Waals surface area contributed by atoms with Crippen LogP contribution in [0.25, 0.3) is 0 Å². The number of carbonyl (C=O) groups excluding carboxylic acids is 1. The molecule has 1 unspecified atom stereocenters. The Morgan fingerprint density at radius 2 is 2.22 bits per heavy atom. The smallest absolute Gasteiger partial charge is 0.322 e. The van der Waals surface area contributed by atoms with E-state index in [0.29, 0.717) is 12.5 Å². The van der Waals surface area contributed by atoms with Gasteiger partial charge >= 0.3 is 6.01 Å². The molecule has 1 aliphatic rings. The lowest BCUT2D eigenvalue weighted by Crippen LogP contribution is -2.14. The molecule has 1 aromatic heterocycles. The number of nitrogens with one attached hydrogen (secondary N) is 1. The van der Waals surface area contributed by atoms with Gasteiger partial charge in [-0.15, -0.1) is 16.9 Å². The molecule has 1 saturated heterocycles. The van der Waals surface area contributed by atoms with Crippen molar-refractivity contribution in [2.45, 2.75) is 23.8 Å². The van der Waals surface area contributed by atoms with Gasteiger partial charge in [-0.25, -0.2) is 0 Å². The quantitative estimate of drug-likeness (QED) is 0.812. The van der Waals surface area contributed by atoms with Gasteiger partial charge in [0.15, 0.2) is 0 Å². The fourth-order valence-electron chi connectivity index (χ4n) is 2.16. The Morgan fingerprint density at radius 1 is 1.39 bits per heavy atom. The van der Waals surface area contributed by atoms with E-state index in [9.17, 15) is 4.79 Å². The molecule has 0 radical (unpaired) electrons. The largest absolute Gasteiger partial charge is 0.497 e. The summed E-state index contributed by atoms with van der Waals surface area (Å²) >= 11 is 1.42. The molecule has 1 fully saturated rings. The van der Waals surface area contributed by atoms with Crippen LogP contribution in [0.15, 0.2) is 33.6 Å². The van der Waals surface area contributed by atoms with Gasteiger partial charge in [0.05, 0.1) is 12.9 Å². The van der Waals surface area contributed by atoms with Crippen molar-refractivity contribution in [2.75, 3.05) is 24.8 Å². The number of benzene rings is 1. The predicted molar refractivity (Wildman–Crippen MR) is 84.6 cm³/mol. The predicted octanol–water partition coefficient (Wildman–Crippen LogP) is 2.66. The zero-order chi connectivity index (χ0) is 16.1. The Balaban J connectivity index is 1.48. The first-order valence-electron chi connectivity index (χ1n) is 7.26. The van der Waals surface area contributed by atoms with Crippen LogP contribution in [0.5, 0.6) is 5.75 Å². The summed E-state index contributed by atoms with van der Waals surface area (Å²) in [4.78, 5) is 12.9. The number of aromatic nitrogens is 2. The molecule has 8 heteroatoms. The van der Waals surface area contributed by atoms with Gasteiger partial charge < -0.3 is 13.9 Å². The van der Waals surface area contributed by atoms with Crippen LogP contribution in [0.3, 0.4) is 0 Å². The van der Waals surface area contributed by atoms with Crippen molar-refractivity contribution in [2.24, 2.45) is 0 Å². The molecule has 1 aromatic carbocycles. The number of thioether (sulfide) groups is 1. The minimum absolute atomic E-state index is 0.107. The normalized spacial score (nSPS) is 17.2. The number of ether oxygens (including phenoxy) is 2. The highest BCUT2D eigenvalue weighted by molar-refractivity contribution is 8.00. The fraction of sp³-hybridized carbons (Fsp3) is 0.400. The summed E-state index contributed by atoms with van der Waals surface area (Å²) in [6.45, 7) is 0.702. The second kappa shape index (κ2) is 7.47. The minimum atomic E-state index is -0.201. The van der Waals surface area contributed by atoms with Gasteiger partial charge in [0.25, 0.3) is 0 Å². The van der Waals surface area contributed by atoms with Gasteiger partial charge in [0, 0.05) is 11.5 Å². The number of methoxy groups -OCH3 is 1. The lowest BCUT2D eigenvalue weighted by atomic mass is 10.2. The molecule has 0 spiro atoms. The molecule has 0 aliphatic carbocycles. The molecular formula is C15H17N3O4S. The summed E-state index contributed by atoms with van der Waals surface area (Å²) in [5, 5.41) is 10.3. The number of nitrogens with zero attached hydrogens (tertiary/aromatic N) is 2. The van der Waals surface area contributed by atoms with Gasteiger partial charge in [-0.1, -0.05) is 5.10 Å². The maximum absolute atomic E-state index is 11.9. The molecule has 3 rings (SSSR count). The SMILES string of the molecule is COc1ccc(SCC(=O)Nc2nnc(C3CCCO3)o2)cc1. The topological polar surface area (TPSA) is 86.5 Å². The van der Waals surface area contributed by atoms with Gasteiger partial charge in [-0.2, -0.15) is 0 Å². The van der Waals surface area contributed by atoms with E-state index in [1.54, 1.807) is 7.11 Å². The second-order valence-electron chi connectivity index (χ2n) is 4.96. The molecule has 1 amide bonds. The van der Waals surface area contributed by atoms with Crippen LogP contribution in [-0.2, 0) is 9.53 Å². The van der Waals surface area contributed by atoms with Gasteiger partial charge in [-0.05, 0) is 37.1 Å². The Morgan fingerprint density at radius 3 is 2.91 bits per heavy atom. The van der Waals surface area contributed by atoms with Crippen LogP contribution >= 0.6 is 11.8 Å². The standard InChI is InChI=1S/C15H17N3O4S/c1-20-10-4-6-11(7-5-10)23-9-13(19)16-15-18-17-14(22-15)12-3-2-8-21-12/h4-7,12H,2-3,8-9H2,1H3,(H,16,18,19). The monoisotopic (exact) mass is 335 g/mol. The number of amides is 1. The fourth-order valence-corrected chi connectivity index (χ4v) is 2.86. The number of hydrogen-bond acceptors (Lipinski definition) is 7. The molecule has 0 bridgehead atoms. The van der Waals surface area contributed by atoms with Gasteiger partial charge in [-0.3, -0.25) is 10.1 Å². The van der Waals surface area contributed by atoms with E-state index in [0.717, 1.165) is 23.5 Å².